The first-order chi connectivity index (χ1) is 6.50. The molecule has 0 heterocycles. The highest BCUT2D eigenvalue weighted by Crippen LogP contribution is 2.25. The maximum atomic E-state index is 10.9. The second-order valence-corrected chi connectivity index (χ2v) is 3.60. The number of benzene rings is 1. The summed E-state index contributed by atoms with van der Waals surface area (Å²) < 4.78 is 0. The van der Waals surface area contributed by atoms with E-state index in [4.69, 9.17) is 0 Å². The van der Waals surface area contributed by atoms with Crippen molar-refractivity contribution in [1.29, 1.82) is 0 Å². The first-order valence-electron chi connectivity index (χ1n) is 4.56. The standard InChI is InChI=1S/C11H16N2O/c1-8-5-6-10(12-9(2)14)11(7-8)13(3)4/h5-7H,1-4H3,(H,12,14). The minimum absolute atomic E-state index is 0.0445. The van der Waals surface area contributed by atoms with Crippen molar-refractivity contribution in [3.05, 3.63) is 23.8 Å². The molecule has 0 aliphatic rings. The molecule has 76 valence electrons. The summed E-state index contributed by atoms with van der Waals surface area (Å²) in [5.74, 6) is -0.0445. The highest BCUT2D eigenvalue weighted by atomic mass is 16.1. The summed E-state index contributed by atoms with van der Waals surface area (Å²) in [4.78, 5) is 12.9. The molecule has 1 aromatic carbocycles. The summed E-state index contributed by atoms with van der Waals surface area (Å²) >= 11 is 0. The van der Waals surface area contributed by atoms with Gasteiger partial charge in [0.05, 0.1) is 11.4 Å². The van der Waals surface area contributed by atoms with Crippen molar-refractivity contribution in [2.45, 2.75) is 13.8 Å². The zero-order chi connectivity index (χ0) is 10.7. The van der Waals surface area contributed by atoms with E-state index in [-0.39, 0.29) is 5.91 Å². The van der Waals surface area contributed by atoms with E-state index in [2.05, 4.69) is 5.32 Å². The fourth-order valence-corrected chi connectivity index (χ4v) is 1.31. The number of nitrogens with one attached hydrogen (secondary N) is 1. The van der Waals surface area contributed by atoms with E-state index in [1.165, 1.54) is 12.5 Å². The highest BCUT2D eigenvalue weighted by Gasteiger charge is 2.05. The van der Waals surface area contributed by atoms with Gasteiger partial charge in [-0.15, -0.1) is 0 Å². The fraction of sp³-hybridized carbons (Fsp3) is 0.364. The van der Waals surface area contributed by atoms with Crippen LogP contribution in [0.5, 0.6) is 0 Å². The molecule has 1 N–H and O–H groups in total. The van der Waals surface area contributed by atoms with Crippen LogP contribution in [0.25, 0.3) is 0 Å². The van der Waals surface area contributed by atoms with Crippen LogP contribution in [0.1, 0.15) is 12.5 Å². The summed E-state index contributed by atoms with van der Waals surface area (Å²) in [5.41, 5.74) is 3.07. The predicted octanol–water partition coefficient (Wildman–Crippen LogP) is 2.02. The summed E-state index contributed by atoms with van der Waals surface area (Å²) in [6.07, 6.45) is 0. The van der Waals surface area contributed by atoms with Crippen LogP contribution < -0.4 is 10.2 Å². The number of anilines is 2. The summed E-state index contributed by atoms with van der Waals surface area (Å²) in [5, 5.41) is 2.80. The number of hydrogen-bond donors (Lipinski definition) is 1. The van der Waals surface area contributed by atoms with Crippen molar-refractivity contribution >= 4 is 17.3 Å². The van der Waals surface area contributed by atoms with Gasteiger partial charge in [-0.25, -0.2) is 0 Å². The Morgan fingerprint density at radius 2 is 2.00 bits per heavy atom. The third-order valence-corrected chi connectivity index (χ3v) is 1.95. The maximum Gasteiger partial charge on any atom is 0.221 e. The van der Waals surface area contributed by atoms with Gasteiger partial charge >= 0.3 is 0 Å². The van der Waals surface area contributed by atoms with Gasteiger partial charge in [-0.2, -0.15) is 0 Å². The Morgan fingerprint density at radius 1 is 1.36 bits per heavy atom. The van der Waals surface area contributed by atoms with Crippen LogP contribution in [0.15, 0.2) is 18.2 Å². The number of hydrogen-bond acceptors (Lipinski definition) is 2. The molecule has 1 aromatic rings. The minimum Gasteiger partial charge on any atom is -0.376 e. The molecule has 0 fully saturated rings. The van der Waals surface area contributed by atoms with Gasteiger partial charge in [0.15, 0.2) is 0 Å². The van der Waals surface area contributed by atoms with Gasteiger partial charge in [-0.3, -0.25) is 4.79 Å². The van der Waals surface area contributed by atoms with Crippen LogP contribution >= 0.6 is 0 Å². The lowest BCUT2D eigenvalue weighted by Gasteiger charge is -2.18. The zero-order valence-corrected chi connectivity index (χ0v) is 9.09. The van der Waals surface area contributed by atoms with Gasteiger partial charge in [0.25, 0.3) is 0 Å². The van der Waals surface area contributed by atoms with Gasteiger partial charge in [0.2, 0.25) is 5.91 Å². The Labute approximate surface area is 84.7 Å². The fourth-order valence-electron chi connectivity index (χ4n) is 1.31. The first-order valence-corrected chi connectivity index (χ1v) is 4.56. The van der Waals surface area contributed by atoms with Gasteiger partial charge < -0.3 is 10.2 Å². The monoisotopic (exact) mass is 192 g/mol. The molecular weight excluding hydrogens is 176 g/mol. The third-order valence-electron chi connectivity index (χ3n) is 1.95. The lowest BCUT2D eigenvalue weighted by molar-refractivity contribution is -0.114. The summed E-state index contributed by atoms with van der Waals surface area (Å²) in [6.45, 7) is 3.55. The largest absolute Gasteiger partial charge is 0.376 e. The molecule has 0 radical (unpaired) electrons. The Kier molecular flexibility index (Phi) is 3.12. The van der Waals surface area contributed by atoms with E-state index in [0.717, 1.165) is 11.4 Å². The van der Waals surface area contributed by atoms with Crippen molar-refractivity contribution in [1.82, 2.24) is 0 Å². The van der Waals surface area contributed by atoms with Gasteiger partial charge in [0.1, 0.15) is 0 Å². The molecule has 0 unspecified atom stereocenters. The smallest absolute Gasteiger partial charge is 0.221 e. The molecule has 0 aliphatic heterocycles. The predicted molar refractivity (Wildman–Crippen MR) is 59.8 cm³/mol. The van der Waals surface area contributed by atoms with Crippen LogP contribution in [0, 0.1) is 6.92 Å². The number of rotatable bonds is 2. The van der Waals surface area contributed by atoms with Crippen molar-refractivity contribution in [2.24, 2.45) is 0 Å². The SMILES string of the molecule is CC(=O)Nc1ccc(C)cc1N(C)C. The quantitative estimate of drug-likeness (QED) is 0.777. The van der Waals surface area contributed by atoms with Gasteiger partial charge in [0, 0.05) is 21.0 Å². The molecule has 14 heavy (non-hydrogen) atoms. The maximum absolute atomic E-state index is 10.9. The van der Waals surface area contributed by atoms with E-state index in [0.29, 0.717) is 0 Å². The highest BCUT2D eigenvalue weighted by molar-refractivity contribution is 5.92. The number of carbonyl (C=O) groups is 1. The van der Waals surface area contributed by atoms with Crippen LogP contribution in [0.2, 0.25) is 0 Å². The number of aryl methyl sites for hydroxylation is 1. The Balaban J connectivity index is 3.08. The third kappa shape index (κ3) is 2.49. The molecule has 1 rings (SSSR count). The number of nitrogens with zero attached hydrogens (tertiary/aromatic N) is 1. The summed E-state index contributed by atoms with van der Waals surface area (Å²) in [6, 6.07) is 5.95. The Bertz CT molecular complexity index is 345. The Morgan fingerprint density at radius 3 is 2.50 bits per heavy atom. The van der Waals surface area contributed by atoms with E-state index < -0.39 is 0 Å². The zero-order valence-electron chi connectivity index (χ0n) is 9.09. The van der Waals surface area contributed by atoms with E-state index in [1.807, 2.05) is 44.1 Å². The van der Waals surface area contributed by atoms with Crippen LogP contribution in [-0.4, -0.2) is 20.0 Å². The average Bonchev–Trinajstić information content (AvgIpc) is 2.07. The molecule has 0 saturated carbocycles. The lowest BCUT2D eigenvalue weighted by Crippen LogP contribution is -2.14. The molecule has 0 spiro atoms. The van der Waals surface area contributed by atoms with E-state index in [9.17, 15) is 4.79 Å². The van der Waals surface area contributed by atoms with Crippen molar-refractivity contribution in [2.75, 3.05) is 24.3 Å². The van der Waals surface area contributed by atoms with Crippen LogP contribution in [0.4, 0.5) is 11.4 Å². The van der Waals surface area contributed by atoms with Crippen molar-refractivity contribution < 1.29 is 4.79 Å². The Hall–Kier alpha value is -1.51. The molecule has 0 bridgehead atoms. The minimum atomic E-state index is -0.0445. The molecular formula is C11H16N2O. The summed E-state index contributed by atoms with van der Waals surface area (Å²) in [7, 11) is 3.92. The molecule has 3 nitrogen and oxygen atoms in total. The molecule has 0 atom stereocenters. The second kappa shape index (κ2) is 4.13. The molecule has 0 saturated heterocycles. The van der Waals surface area contributed by atoms with E-state index >= 15 is 0 Å². The molecule has 0 aliphatic carbocycles. The number of amides is 1. The first kappa shape index (κ1) is 10.6. The number of carbonyl (C=O) groups excluding carboxylic acids is 1. The topological polar surface area (TPSA) is 32.3 Å². The van der Waals surface area contributed by atoms with Gasteiger partial charge in [-0.05, 0) is 24.6 Å². The normalized spacial score (nSPS) is 9.71. The molecule has 3 heteroatoms. The van der Waals surface area contributed by atoms with E-state index in [1.54, 1.807) is 0 Å². The van der Waals surface area contributed by atoms with Gasteiger partial charge in [-0.1, -0.05) is 6.07 Å². The van der Waals surface area contributed by atoms with Crippen molar-refractivity contribution in [3.8, 4) is 0 Å². The lowest BCUT2D eigenvalue weighted by atomic mass is 10.2. The average molecular weight is 192 g/mol. The van der Waals surface area contributed by atoms with Crippen molar-refractivity contribution in [3.63, 3.8) is 0 Å². The van der Waals surface area contributed by atoms with Crippen LogP contribution in [0.3, 0.4) is 0 Å². The molecule has 1 amide bonds. The van der Waals surface area contributed by atoms with Crippen LogP contribution in [-0.2, 0) is 4.79 Å². The second-order valence-electron chi connectivity index (χ2n) is 3.60. The molecule has 0 aromatic heterocycles.